The second kappa shape index (κ2) is 5.79. The Morgan fingerprint density at radius 3 is 2.84 bits per heavy atom. The summed E-state index contributed by atoms with van der Waals surface area (Å²) in [6, 6.07) is 3.00. The number of nitrogens with zero attached hydrogens (tertiary/aromatic N) is 1. The van der Waals surface area contributed by atoms with E-state index in [1.165, 1.54) is 28.8 Å². The van der Waals surface area contributed by atoms with Crippen molar-refractivity contribution < 1.29 is 19.1 Å². The molecule has 1 unspecified atom stereocenters. The Morgan fingerprint density at radius 1 is 1.47 bits per heavy atom. The molecule has 0 bridgehead atoms. The molecule has 0 aliphatic carbocycles. The van der Waals surface area contributed by atoms with Gasteiger partial charge in [0, 0.05) is 18.1 Å². The van der Waals surface area contributed by atoms with Crippen LogP contribution in [-0.4, -0.2) is 46.0 Å². The summed E-state index contributed by atoms with van der Waals surface area (Å²) in [4.78, 5) is 24.6. The molecule has 4 nitrogen and oxygen atoms in total. The van der Waals surface area contributed by atoms with Crippen molar-refractivity contribution in [3.05, 3.63) is 34.6 Å². The van der Waals surface area contributed by atoms with Crippen LogP contribution >= 0.6 is 23.4 Å². The maximum Gasteiger partial charge on any atom is 0.327 e. The summed E-state index contributed by atoms with van der Waals surface area (Å²) in [7, 11) is 0. The number of hydrogen-bond acceptors (Lipinski definition) is 3. The first-order valence-corrected chi connectivity index (χ1v) is 7.11. The molecule has 2 rings (SSSR count). The number of carboxylic acid groups (broad SMARTS) is 1. The van der Waals surface area contributed by atoms with E-state index in [1.807, 2.05) is 0 Å². The highest BCUT2D eigenvalue weighted by molar-refractivity contribution is 7.99. The third-order valence-corrected chi connectivity index (χ3v) is 4.19. The first-order chi connectivity index (χ1) is 9.02. The molecule has 102 valence electrons. The van der Waals surface area contributed by atoms with Crippen molar-refractivity contribution in [2.24, 2.45) is 0 Å². The van der Waals surface area contributed by atoms with Crippen LogP contribution < -0.4 is 0 Å². The van der Waals surface area contributed by atoms with E-state index in [2.05, 4.69) is 0 Å². The van der Waals surface area contributed by atoms with Crippen molar-refractivity contribution in [2.75, 3.05) is 18.1 Å². The van der Waals surface area contributed by atoms with Crippen LogP contribution in [0.15, 0.2) is 18.2 Å². The van der Waals surface area contributed by atoms with Crippen LogP contribution in [0.2, 0.25) is 5.02 Å². The molecule has 0 saturated carbocycles. The highest BCUT2D eigenvalue weighted by atomic mass is 35.5. The quantitative estimate of drug-likeness (QED) is 0.909. The molecule has 0 spiro atoms. The molecule has 0 aromatic heterocycles. The maximum atomic E-state index is 13.7. The molecule has 19 heavy (non-hydrogen) atoms. The number of rotatable bonds is 2. The number of benzene rings is 1. The van der Waals surface area contributed by atoms with E-state index in [9.17, 15) is 14.0 Å². The molecule has 7 heteroatoms. The van der Waals surface area contributed by atoms with E-state index < -0.39 is 23.7 Å². The van der Waals surface area contributed by atoms with Gasteiger partial charge in [-0.15, -0.1) is 0 Å². The molecular weight excluding hydrogens is 293 g/mol. The van der Waals surface area contributed by atoms with E-state index in [0.29, 0.717) is 11.5 Å². The van der Waals surface area contributed by atoms with Gasteiger partial charge < -0.3 is 10.0 Å². The summed E-state index contributed by atoms with van der Waals surface area (Å²) in [5.74, 6) is -1.57. The van der Waals surface area contributed by atoms with Gasteiger partial charge in [-0.05, 0) is 12.1 Å². The zero-order valence-electron chi connectivity index (χ0n) is 9.81. The van der Waals surface area contributed by atoms with E-state index >= 15 is 0 Å². The van der Waals surface area contributed by atoms with Gasteiger partial charge >= 0.3 is 5.97 Å². The molecule has 1 aromatic rings. The number of carbonyl (C=O) groups is 2. The minimum absolute atomic E-state index is 0.00707. The summed E-state index contributed by atoms with van der Waals surface area (Å²) >= 11 is 7.29. The molecule has 1 N–H and O–H groups in total. The van der Waals surface area contributed by atoms with Gasteiger partial charge in [0.1, 0.15) is 11.9 Å². The van der Waals surface area contributed by atoms with Gasteiger partial charge in [-0.1, -0.05) is 17.7 Å². The topological polar surface area (TPSA) is 57.6 Å². The third kappa shape index (κ3) is 2.84. The van der Waals surface area contributed by atoms with E-state index in [1.54, 1.807) is 0 Å². The fourth-order valence-electron chi connectivity index (χ4n) is 1.90. The highest BCUT2D eigenvalue weighted by Crippen LogP contribution is 2.25. The lowest BCUT2D eigenvalue weighted by Crippen LogP contribution is -2.50. The molecule has 1 fully saturated rings. The number of aliphatic carboxylic acids is 1. The second-order valence-corrected chi connectivity index (χ2v) is 5.58. The number of carboxylic acids is 1. The van der Waals surface area contributed by atoms with Gasteiger partial charge in [-0.2, -0.15) is 11.8 Å². The number of amides is 1. The van der Waals surface area contributed by atoms with Gasteiger partial charge in [0.05, 0.1) is 10.6 Å². The van der Waals surface area contributed by atoms with Crippen LogP contribution in [0, 0.1) is 5.82 Å². The predicted octanol–water partition coefficient (Wildman–Crippen LogP) is 2.12. The second-order valence-electron chi connectivity index (χ2n) is 4.02. The minimum atomic E-state index is -1.09. The Kier molecular flexibility index (Phi) is 4.31. The standard InChI is InChI=1S/C12H11ClFNO3S/c13-7-2-1-3-8(14)10(7)11(16)15-4-5-19-6-9(15)12(17)18/h1-3,9H,4-6H2,(H,17,18). The average Bonchev–Trinajstić information content (AvgIpc) is 2.38. The summed E-state index contributed by atoms with van der Waals surface area (Å²) < 4.78 is 13.7. The van der Waals surface area contributed by atoms with Crippen molar-refractivity contribution in [1.29, 1.82) is 0 Å². The molecule has 1 aliphatic rings. The monoisotopic (exact) mass is 303 g/mol. The normalized spacial score (nSPS) is 19.3. The van der Waals surface area contributed by atoms with E-state index in [0.717, 1.165) is 6.07 Å². The molecular formula is C12H11ClFNO3S. The zero-order valence-corrected chi connectivity index (χ0v) is 11.4. The predicted molar refractivity (Wildman–Crippen MR) is 71.2 cm³/mol. The number of thioether (sulfide) groups is 1. The highest BCUT2D eigenvalue weighted by Gasteiger charge is 2.34. The zero-order chi connectivity index (χ0) is 14.0. The van der Waals surface area contributed by atoms with E-state index in [4.69, 9.17) is 16.7 Å². The van der Waals surface area contributed by atoms with Gasteiger partial charge in [-0.25, -0.2) is 9.18 Å². The Bertz CT molecular complexity index is 505. The van der Waals surface area contributed by atoms with Gasteiger partial charge in [0.25, 0.3) is 5.91 Å². The Balaban J connectivity index is 2.34. The van der Waals surface area contributed by atoms with Crippen LogP contribution in [0.25, 0.3) is 0 Å². The first kappa shape index (κ1) is 14.1. The lowest BCUT2D eigenvalue weighted by molar-refractivity contribution is -0.141. The van der Waals surface area contributed by atoms with Crippen LogP contribution in [-0.2, 0) is 4.79 Å². The van der Waals surface area contributed by atoms with E-state index in [-0.39, 0.29) is 17.1 Å². The molecule has 1 amide bonds. The van der Waals surface area contributed by atoms with Crippen LogP contribution in [0.1, 0.15) is 10.4 Å². The molecule has 1 aromatic carbocycles. The van der Waals surface area contributed by atoms with Crippen LogP contribution in [0.5, 0.6) is 0 Å². The lowest BCUT2D eigenvalue weighted by atomic mass is 10.1. The van der Waals surface area contributed by atoms with Crippen molar-refractivity contribution in [1.82, 2.24) is 4.90 Å². The summed E-state index contributed by atoms with van der Waals surface area (Å²) in [5.41, 5.74) is -0.262. The smallest absolute Gasteiger partial charge is 0.327 e. The van der Waals surface area contributed by atoms with Gasteiger partial charge in [0.15, 0.2) is 0 Å². The molecule has 1 saturated heterocycles. The fraction of sp³-hybridized carbons (Fsp3) is 0.333. The van der Waals surface area contributed by atoms with Crippen molar-refractivity contribution in [2.45, 2.75) is 6.04 Å². The average molecular weight is 304 g/mol. The number of hydrogen-bond donors (Lipinski definition) is 1. The minimum Gasteiger partial charge on any atom is -0.480 e. The largest absolute Gasteiger partial charge is 0.480 e. The lowest BCUT2D eigenvalue weighted by Gasteiger charge is -2.32. The summed E-state index contributed by atoms with van der Waals surface area (Å²) in [5, 5.41) is 9.10. The van der Waals surface area contributed by atoms with Crippen LogP contribution in [0.3, 0.4) is 0 Å². The molecule has 1 atom stereocenters. The van der Waals surface area contributed by atoms with Crippen molar-refractivity contribution in [3.63, 3.8) is 0 Å². The summed E-state index contributed by atoms with van der Waals surface area (Å²) in [6.07, 6.45) is 0. The van der Waals surface area contributed by atoms with Crippen molar-refractivity contribution in [3.8, 4) is 0 Å². The Morgan fingerprint density at radius 2 is 2.21 bits per heavy atom. The summed E-state index contributed by atoms with van der Waals surface area (Å²) in [6.45, 7) is 0.269. The molecule has 1 heterocycles. The first-order valence-electron chi connectivity index (χ1n) is 5.58. The van der Waals surface area contributed by atoms with Gasteiger partial charge in [-0.3, -0.25) is 4.79 Å². The molecule has 1 aliphatic heterocycles. The van der Waals surface area contributed by atoms with Gasteiger partial charge in [0.2, 0.25) is 0 Å². The fourth-order valence-corrected chi connectivity index (χ4v) is 3.18. The Hall–Kier alpha value is -1.27. The number of carbonyl (C=O) groups excluding carboxylic acids is 1. The number of halogens is 2. The SMILES string of the molecule is O=C(O)C1CSCCN1C(=O)c1c(F)cccc1Cl. The van der Waals surface area contributed by atoms with Crippen LogP contribution in [0.4, 0.5) is 4.39 Å². The third-order valence-electron chi connectivity index (χ3n) is 2.85. The Labute approximate surface area is 118 Å². The molecule has 0 radical (unpaired) electrons. The maximum absolute atomic E-state index is 13.7. The van der Waals surface area contributed by atoms with Crippen molar-refractivity contribution >= 4 is 35.2 Å².